The number of aliphatic imine (C=N–C) groups is 1. The normalized spacial score (nSPS) is 14.4. The van der Waals surface area contributed by atoms with E-state index < -0.39 is 11.6 Å². The van der Waals surface area contributed by atoms with Gasteiger partial charge in [-0.25, -0.2) is 4.79 Å². The first-order chi connectivity index (χ1) is 19.5. The van der Waals surface area contributed by atoms with Crippen LogP contribution in [0.4, 0.5) is 11.5 Å². The van der Waals surface area contributed by atoms with Crippen LogP contribution in [0.15, 0.2) is 47.5 Å². The molecule has 2 aromatic carbocycles. The molecule has 5 N–H and O–H groups in total. The van der Waals surface area contributed by atoms with E-state index in [1.807, 2.05) is 25.2 Å². The molecule has 0 spiro atoms. The summed E-state index contributed by atoms with van der Waals surface area (Å²) in [5.41, 5.74) is 6.27. The van der Waals surface area contributed by atoms with Gasteiger partial charge in [-0.3, -0.25) is 15.2 Å². The van der Waals surface area contributed by atoms with Gasteiger partial charge in [0.2, 0.25) is 5.91 Å². The number of aromatic nitrogens is 2. The molecule has 0 atom stereocenters. The average molecular weight is 559 g/mol. The molecule has 1 amide bonds. The van der Waals surface area contributed by atoms with Gasteiger partial charge in [0.25, 0.3) is 5.88 Å². The van der Waals surface area contributed by atoms with Crippen LogP contribution < -0.4 is 25.8 Å². The van der Waals surface area contributed by atoms with Crippen LogP contribution in [0.1, 0.15) is 42.3 Å². The van der Waals surface area contributed by atoms with E-state index in [-0.39, 0.29) is 52.7 Å². The van der Waals surface area contributed by atoms with E-state index in [0.717, 1.165) is 24.5 Å². The van der Waals surface area contributed by atoms with Crippen LogP contribution in [0.3, 0.4) is 0 Å². The number of likely N-dealkylation sites (N-methyl/N-ethyl adjacent to an activating group) is 1. The second kappa shape index (κ2) is 10.8. The highest BCUT2D eigenvalue weighted by molar-refractivity contribution is 6.06. The summed E-state index contributed by atoms with van der Waals surface area (Å²) in [5, 5.41) is 13.5. The molecule has 13 nitrogen and oxygen atoms in total. The number of amidine groups is 2. The molecule has 0 radical (unpaired) electrons. The molecular formula is C28H30N8O5. The van der Waals surface area contributed by atoms with Crippen molar-refractivity contribution >= 4 is 35.1 Å². The molecule has 2 aliphatic rings. The molecule has 1 aromatic heterocycles. The Bertz CT molecular complexity index is 1580. The zero-order valence-electron chi connectivity index (χ0n) is 23.1. The van der Waals surface area contributed by atoms with Gasteiger partial charge in [0, 0.05) is 24.7 Å². The molecule has 3 heterocycles. The van der Waals surface area contributed by atoms with Crippen LogP contribution in [-0.2, 0) is 9.53 Å². The molecule has 0 bridgehead atoms. The maximum Gasteiger partial charge on any atom is 0.339 e. The molecule has 13 heteroatoms. The largest absolute Gasteiger partial charge is 0.456 e. The van der Waals surface area contributed by atoms with E-state index in [4.69, 9.17) is 25.4 Å². The van der Waals surface area contributed by atoms with Gasteiger partial charge >= 0.3 is 12.0 Å². The lowest BCUT2D eigenvalue weighted by Crippen LogP contribution is -2.28. The number of esters is 1. The first-order valence-electron chi connectivity index (χ1n) is 12.9. The summed E-state index contributed by atoms with van der Waals surface area (Å²) < 4.78 is 17.5. The molecule has 0 unspecified atom stereocenters. The van der Waals surface area contributed by atoms with E-state index in [0.29, 0.717) is 11.6 Å². The molecule has 3 aromatic rings. The summed E-state index contributed by atoms with van der Waals surface area (Å²) in [6.45, 7) is 6.77. The Balaban J connectivity index is 1.49. The summed E-state index contributed by atoms with van der Waals surface area (Å²) in [4.78, 5) is 40.5. The Labute approximate surface area is 236 Å². The Morgan fingerprint density at radius 2 is 1.85 bits per heavy atom. The number of fused-ring (bicyclic) bond motifs is 1. The molecule has 2 aliphatic heterocycles. The first-order valence-corrected chi connectivity index (χ1v) is 12.9. The molecule has 0 saturated heterocycles. The number of hydrogen-bond donors (Lipinski definition) is 4. The maximum absolute atomic E-state index is 12.9. The minimum Gasteiger partial charge on any atom is -0.456 e. The topological polar surface area (TPSA) is 177 Å². The summed E-state index contributed by atoms with van der Waals surface area (Å²) in [7, 11) is 1.98. The number of nitrogen functional groups attached to an aromatic ring is 1. The van der Waals surface area contributed by atoms with Crippen molar-refractivity contribution in [3.8, 4) is 23.4 Å². The first kappa shape index (κ1) is 27.4. The molecule has 0 saturated carbocycles. The van der Waals surface area contributed by atoms with Crippen LogP contribution in [0.2, 0.25) is 0 Å². The third kappa shape index (κ3) is 6.19. The van der Waals surface area contributed by atoms with Crippen molar-refractivity contribution in [1.82, 2.24) is 14.9 Å². The number of ether oxygens (including phenoxy) is 3. The SMILES string of the molecule is CN1CCN=C1c1cccc(Oc2nc3c(c(Oc4ccc(C(=N)N)c(C(=O)OC(C)(C)C)c4)n2)NC(=O)CN3)c1. The lowest BCUT2D eigenvalue weighted by molar-refractivity contribution is -0.114. The number of amides is 1. The number of nitrogens with two attached hydrogens (primary N) is 1. The number of benzene rings is 2. The third-order valence-corrected chi connectivity index (χ3v) is 6.01. The van der Waals surface area contributed by atoms with Gasteiger partial charge in [-0.05, 0) is 51.1 Å². The molecule has 41 heavy (non-hydrogen) atoms. The minimum absolute atomic E-state index is 0.000633. The highest BCUT2D eigenvalue weighted by Crippen LogP contribution is 2.38. The Morgan fingerprint density at radius 3 is 2.56 bits per heavy atom. The number of anilines is 2. The van der Waals surface area contributed by atoms with Crippen molar-refractivity contribution in [2.24, 2.45) is 10.7 Å². The maximum atomic E-state index is 12.9. The Morgan fingerprint density at radius 1 is 1.07 bits per heavy atom. The van der Waals surface area contributed by atoms with Crippen LogP contribution in [0, 0.1) is 5.41 Å². The minimum atomic E-state index is -0.771. The van der Waals surface area contributed by atoms with E-state index in [9.17, 15) is 9.59 Å². The lowest BCUT2D eigenvalue weighted by atomic mass is 10.1. The van der Waals surface area contributed by atoms with Crippen molar-refractivity contribution in [2.45, 2.75) is 26.4 Å². The van der Waals surface area contributed by atoms with Crippen molar-refractivity contribution in [3.63, 3.8) is 0 Å². The smallest absolute Gasteiger partial charge is 0.339 e. The van der Waals surface area contributed by atoms with Crippen LogP contribution >= 0.6 is 0 Å². The number of rotatable bonds is 7. The molecule has 5 rings (SSSR count). The molecule has 0 fully saturated rings. The fourth-order valence-corrected chi connectivity index (χ4v) is 4.21. The predicted molar refractivity (Wildman–Crippen MR) is 152 cm³/mol. The zero-order chi connectivity index (χ0) is 29.3. The second-order valence-electron chi connectivity index (χ2n) is 10.4. The van der Waals surface area contributed by atoms with Gasteiger partial charge in [-0.1, -0.05) is 12.1 Å². The highest BCUT2D eigenvalue weighted by Gasteiger charge is 2.26. The van der Waals surface area contributed by atoms with Crippen molar-refractivity contribution in [2.75, 3.05) is 37.3 Å². The standard InChI is InChI=1S/C28H30N8O5/c1-28(2,3)41-26(38)19-13-17(8-9-18(19)22(29)30)39-25-21-23(32-14-20(37)33-21)34-27(35-25)40-16-7-5-6-15(12-16)24-31-10-11-36(24)4/h5-9,12-13H,10-11,14H2,1-4H3,(H3,29,30)(H,33,37)(H,32,34,35). The van der Waals surface area contributed by atoms with Gasteiger partial charge < -0.3 is 35.5 Å². The van der Waals surface area contributed by atoms with Gasteiger partial charge in [0.15, 0.2) is 5.82 Å². The number of nitrogens with zero attached hydrogens (tertiary/aromatic N) is 4. The summed E-state index contributed by atoms with van der Waals surface area (Å²) >= 11 is 0. The van der Waals surface area contributed by atoms with Crippen molar-refractivity contribution < 1.29 is 23.8 Å². The summed E-state index contributed by atoms with van der Waals surface area (Å²) in [5.74, 6) is 0.525. The quantitative estimate of drug-likeness (QED) is 0.191. The number of carbonyl (C=O) groups excluding carboxylic acids is 2. The fraction of sp³-hybridized carbons (Fsp3) is 0.286. The monoisotopic (exact) mass is 558 g/mol. The highest BCUT2D eigenvalue weighted by atomic mass is 16.6. The van der Waals surface area contributed by atoms with E-state index >= 15 is 0 Å². The number of carbonyl (C=O) groups is 2. The Hall–Kier alpha value is -5.20. The van der Waals surface area contributed by atoms with Crippen LogP contribution in [-0.4, -0.2) is 70.7 Å². The van der Waals surface area contributed by atoms with Crippen molar-refractivity contribution in [1.29, 1.82) is 5.41 Å². The van der Waals surface area contributed by atoms with Gasteiger partial charge in [0.1, 0.15) is 34.5 Å². The van der Waals surface area contributed by atoms with E-state index in [1.54, 1.807) is 26.8 Å². The summed E-state index contributed by atoms with van der Waals surface area (Å²) in [6.07, 6.45) is 0. The van der Waals surface area contributed by atoms with Crippen LogP contribution in [0.25, 0.3) is 0 Å². The third-order valence-electron chi connectivity index (χ3n) is 6.01. The second-order valence-corrected chi connectivity index (χ2v) is 10.4. The molecule has 212 valence electrons. The van der Waals surface area contributed by atoms with Crippen LogP contribution in [0.5, 0.6) is 23.4 Å². The Kier molecular flexibility index (Phi) is 7.18. The van der Waals surface area contributed by atoms with Gasteiger partial charge in [0.05, 0.1) is 18.7 Å². The van der Waals surface area contributed by atoms with Gasteiger partial charge in [-0.15, -0.1) is 0 Å². The summed E-state index contributed by atoms with van der Waals surface area (Å²) in [6, 6.07) is 11.8. The predicted octanol–water partition coefficient (Wildman–Crippen LogP) is 3.36. The zero-order valence-corrected chi connectivity index (χ0v) is 23.1. The van der Waals surface area contributed by atoms with E-state index in [2.05, 4.69) is 30.5 Å². The molecular weight excluding hydrogens is 528 g/mol. The number of nitrogens with one attached hydrogen (secondary N) is 3. The lowest BCUT2D eigenvalue weighted by Gasteiger charge is -2.22. The average Bonchev–Trinajstić information content (AvgIpc) is 3.34. The van der Waals surface area contributed by atoms with Gasteiger partial charge in [-0.2, -0.15) is 9.97 Å². The number of hydrogen-bond acceptors (Lipinski definition) is 11. The molecule has 0 aliphatic carbocycles. The van der Waals surface area contributed by atoms with E-state index in [1.165, 1.54) is 18.2 Å². The fourth-order valence-electron chi connectivity index (χ4n) is 4.21. The van der Waals surface area contributed by atoms with Crippen molar-refractivity contribution in [3.05, 3.63) is 59.2 Å².